The first-order valence-electron chi connectivity index (χ1n) is 8.58. The zero-order chi connectivity index (χ0) is 14.2. The van der Waals surface area contributed by atoms with E-state index in [-0.39, 0.29) is 0 Å². The normalized spacial score (nSPS) is 29.3. The number of hydrogen-bond acceptors (Lipinski definition) is 3. The van der Waals surface area contributed by atoms with Crippen molar-refractivity contribution in [2.75, 3.05) is 38.1 Å². The van der Waals surface area contributed by atoms with Gasteiger partial charge in [0, 0.05) is 45.0 Å². The van der Waals surface area contributed by atoms with Crippen LogP contribution in [0.25, 0.3) is 0 Å². The third-order valence-electron chi connectivity index (χ3n) is 5.58. The summed E-state index contributed by atoms with van der Waals surface area (Å²) >= 11 is 0. The highest BCUT2D eigenvalue weighted by Gasteiger charge is 2.33. The van der Waals surface area contributed by atoms with E-state index in [1.54, 1.807) is 5.56 Å². The largest absolute Gasteiger partial charge is 0.374 e. The molecule has 0 radical (unpaired) electrons. The number of fused-ring (bicyclic) bond motifs is 2. The van der Waals surface area contributed by atoms with Gasteiger partial charge in [0.1, 0.15) is 0 Å². The van der Waals surface area contributed by atoms with Crippen molar-refractivity contribution in [2.45, 2.75) is 38.3 Å². The zero-order valence-corrected chi connectivity index (χ0v) is 13.1. The van der Waals surface area contributed by atoms with E-state index in [1.807, 2.05) is 0 Å². The second kappa shape index (κ2) is 5.62. The van der Waals surface area contributed by atoms with Crippen LogP contribution in [0.1, 0.15) is 30.4 Å². The zero-order valence-electron chi connectivity index (χ0n) is 13.1. The molecule has 0 unspecified atom stereocenters. The average molecular weight is 285 g/mol. The Morgan fingerprint density at radius 1 is 1.24 bits per heavy atom. The molecule has 2 atom stereocenters. The SMILES string of the molecule is CN1CCCc2cc(CN3C[C@@H]4CCCN[C@@H]4C3)ccc21. The van der Waals surface area contributed by atoms with Crippen molar-refractivity contribution in [3.8, 4) is 0 Å². The van der Waals surface area contributed by atoms with E-state index in [1.165, 1.54) is 63.1 Å². The third kappa shape index (κ3) is 2.69. The van der Waals surface area contributed by atoms with Crippen molar-refractivity contribution < 1.29 is 0 Å². The lowest BCUT2D eigenvalue weighted by atomic mass is 9.94. The lowest BCUT2D eigenvalue weighted by Gasteiger charge is -2.28. The van der Waals surface area contributed by atoms with E-state index in [2.05, 4.69) is 40.4 Å². The van der Waals surface area contributed by atoms with E-state index in [9.17, 15) is 0 Å². The lowest BCUT2D eigenvalue weighted by molar-refractivity contribution is 0.312. The van der Waals surface area contributed by atoms with E-state index in [0.29, 0.717) is 0 Å². The fourth-order valence-corrected chi connectivity index (χ4v) is 4.46. The molecule has 3 nitrogen and oxygen atoms in total. The smallest absolute Gasteiger partial charge is 0.0396 e. The van der Waals surface area contributed by atoms with Crippen LogP contribution in [0.4, 0.5) is 5.69 Å². The Hall–Kier alpha value is -1.06. The summed E-state index contributed by atoms with van der Waals surface area (Å²) in [6.07, 6.45) is 5.33. The highest BCUT2D eigenvalue weighted by atomic mass is 15.2. The third-order valence-corrected chi connectivity index (χ3v) is 5.58. The summed E-state index contributed by atoms with van der Waals surface area (Å²) in [5.74, 6) is 0.891. The minimum Gasteiger partial charge on any atom is -0.374 e. The standard InChI is InChI=1S/C18H27N3/c1-20-9-3-5-15-10-14(6-7-18(15)20)11-21-12-16-4-2-8-19-17(16)13-21/h6-7,10,16-17,19H,2-5,8-9,11-13H2,1H3/t16-,17+/m0/s1. The van der Waals surface area contributed by atoms with Gasteiger partial charge in [0.25, 0.3) is 0 Å². The van der Waals surface area contributed by atoms with Crippen LogP contribution in [-0.4, -0.2) is 44.2 Å². The Labute approximate surface area is 128 Å². The molecule has 114 valence electrons. The van der Waals surface area contributed by atoms with Gasteiger partial charge in [-0.2, -0.15) is 0 Å². The van der Waals surface area contributed by atoms with Gasteiger partial charge in [-0.15, -0.1) is 0 Å². The summed E-state index contributed by atoms with van der Waals surface area (Å²) in [5, 5.41) is 3.70. The van der Waals surface area contributed by atoms with Crippen molar-refractivity contribution in [3.63, 3.8) is 0 Å². The molecule has 0 spiro atoms. The number of benzene rings is 1. The van der Waals surface area contributed by atoms with Crippen molar-refractivity contribution in [1.29, 1.82) is 0 Å². The van der Waals surface area contributed by atoms with E-state index < -0.39 is 0 Å². The second-order valence-electron chi connectivity index (χ2n) is 7.15. The van der Waals surface area contributed by atoms with Crippen LogP contribution < -0.4 is 10.2 Å². The van der Waals surface area contributed by atoms with Gasteiger partial charge in [0.15, 0.2) is 0 Å². The Balaban J connectivity index is 1.45. The maximum Gasteiger partial charge on any atom is 0.0396 e. The van der Waals surface area contributed by atoms with Crippen LogP contribution in [-0.2, 0) is 13.0 Å². The molecular formula is C18H27N3. The number of aryl methyl sites for hydroxylation is 1. The number of anilines is 1. The summed E-state index contributed by atoms with van der Waals surface area (Å²) < 4.78 is 0. The number of hydrogen-bond donors (Lipinski definition) is 1. The van der Waals surface area contributed by atoms with E-state index in [0.717, 1.165) is 18.5 Å². The Bertz CT molecular complexity index is 499. The van der Waals surface area contributed by atoms with Crippen LogP contribution in [0.15, 0.2) is 18.2 Å². The number of likely N-dealkylation sites (tertiary alicyclic amines) is 1. The fourth-order valence-electron chi connectivity index (χ4n) is 4.46. The molecule has 0 aliphatic carbocycles. The quantitative estimate of drug-likeness (QED) is 0.899. The van der Waals surface area contributed by atoms with Gasteiger partial charge in [0.05, 0.1) is 0 Å². The predicted octanol–water partition coefficient (Wildman–Crippen LogP) is 2.25. The second-order valence-corrected chi connectivity index (χ2v) is 7.15. The molecule has 3 aliphatic rings. The molecular weight excluding hydrogens is 258 g/mol. The molecule has 1 aromatic rings. The minimum absolute atomic E-state index is 0.752. The van der Waals surface area contributed by atoms with Crippen molar-refractivity contribution in [2.24, 2.45) is 5.92 Å². The number of nitrogens with one attached hydrogen (secondary N) is 1. The van der Waals surface area contributed by atoms with Crippen molar-refractivity contribution in [3.05, 3.63) is 29.3 Å². The molecule has 3 heteroatoms. The average Bonchev–Trinajstić information content (AvgIpc) is 2.89. The van der Waals surface area contributed by atoms with Gasteiger partial charge in [-0.3, -0.25) is 4.90 Å². The molecule has 1 N–H and O–H groups in total. The molecule has 0 bridgehead atoms. The Morgan fingerprint density at radius 3 is 3.10 bits per heavy atom. The molecule has 1 aromatic carbocycles. The monoisotopic (exact) mass is 285 g/mol. The highest BCUT2D eigenvalue weighted by molar-refractivity contribution is 5.56. The number of rotatable bonds is 2. The van der Waals surface area contributed by atoms with Gasteiger partial charge in [-0.1, -0.05) is 12.1 Å². The lowest BCUT2D eigenvalue weighted by Crippen LogP contribution is -2.40. The summed E-state index contributed by atoms with van der Waals surface area (Å²) in [4.78, 5) is 5.05. The van der Waals surface area contributed by atoms with Gasteiger partial charge in [0.2, 0.25) is 0 Å². The molecule has 4 rings (SSSR count). The first kappa shape index (κ1) is 13.6. The fraction of sp³-hybridized carbons (Fsp3) is 0.667. The van der Waals surface area contributed by atoms with E-state index in [4.69, 9.17) is 0 Å². The summed E-state index contributed by atoms with van der Waals surface area (Å²) in [7, 11) is 2.22. The molecule has 21 heavy (non-hydrogen) atoms. The van der Waals surface area contributed by atoms with Crippen molar-refractivity contribution in [1.82, 2.24) is 10.2 Å². The summed E-state index contributed by atoms with van der Waals surface area (Å²) in [5.41, 5.74) is 4.50. The van der Waals surface area contributed by atoms with Crippen molar-refractivity contribution >= 4 is 5.69 Å². The molecule has 0 aromatic heterocycles. The topological polar surface area (TPSA) is 18.5 Å². The van der Waals surface area contributed by atoms with Gasteiger partial charge in [-0.05, 0) is 55.3 Å². The maximum absolute atomic E-state index is 3.70. The maximum atomic E-state index is 3.70. The number of piperidine rings is 1. The first-order valence-corrected chi connectivity index (χ1v) is 8.58. The van der Waals surface area contributed by atoms with Crippen LogP contribution in [0.3, 0.4) is 0 Å². The van der Waals surface area contributed by atoms with Crippen LogP contribution in [0, 0.1) is 5.92 Å². The summed E-state index contributed by atoms with van der Waals surface area (Å²) in [6, 6.07) is 7.89. The van der Waals surface area contributed by atoms with Gasteiger partial charge in [-0.25, -0.2) is 0 Å². The molecule has 2 saturated heterocycles. The van der Waals surface area contributed by atoms with Crippen LogP contribution in [0.2, 0.25) is 0 Å². The summed E-state index contributed by atoms with van der Waals surface area (Å²) in [6.45, 7) is 6.08. The van der Waals surface area contributed by atoms with Gasteiger partial charge < -0.3 is 10.2 Å². The molecule has 0 saturated carbocycles. The Morgan fingerprint density at radius 2 is 2.19 bits per heavy atom. The minimum atomic E-state index is 0.752. The molecule has 3 aliphatic heterocycles. The molecule has 0 amide bonds. The molecule has 3 heterocycles. The van der Waals surface area contributed by atoms with Crippen LogP contribution >= 0.6 is 0 Å². The highest BCUT2D eigenvalue weighted by Crippen LogP contribution is 2.29. The van der Waals surface area contributed by atoms with E-state index >= 15 is 0 Å². The van der Waals surface area contributed by atoms with Crippen LogP contribution in [0.5, 0.6) is 0 Å². The van der Waals surface area contributed by atoms with Gasteiger partial charge >= 0.3 is 0 Å². The number of nitrogens with zero attached hydrogens (tertiary/aromatic N) is 2. The Kier molecular flexibility index (Phi) is 3.64. The first-order chi connectivity index (χ1) is 10.3. The molecule has 2 fully saturated rings. The predicted molar refractivity (Wildman–Crippen MR) is 87.8 cm³/mol.